The first-order chi connectivity index (χ1) is 9.00. The van der Waals surface area contributed by atoms with Crippen LogP contribution in [0.3, 0.4) is 0 Å². The van der Waals surface area contributed by atoms with E-state index in [1.54, 1.807) is 0 Å². The van der Waals surface area contributed by atoms with Gasteiger partial charge in [0.15, 0.2) is 0 Å². The first kappa shape index (κ1) is 16.3. The van der Waals surface area contributed by atoms with Crippen LogP contribution in [-0.2, 0) is 11.0 Å². The van der Waals surface area contributed by atoms with E-state index in [0.29, 0.717) is 12.1 Å². The number of alkyl halides is 6. The van der Waals surface area contributed by atoms with Crippen LogP contribution in [0.5, 0.6) is 0 Å². The highest BCUT2D eigenvalue weighted by molar-refractivity contribution is 5.81. The summed E-state index contributed by atoms with van der Waals surface area (Å²) in [6.45, 7) is -1.48. The largest absolute Gasteiger partial charge is 0.416 e. The van der Waals surface area contributed by atoms with Crippen molar-refractivity contribution >= 4 is 5.91 Å². The molecule has 1 amide bonds. The number of carbonyl (C=O) groups excluding carboxylic acids is 1. The van der Waals surface area contributed by atoms with E-state index >= 15 is 0 Å². The smallest absolute Gasteiger partial charge is 0.368 e. The molecule has 1 aromatic carbocycles. The van der Waals surface area contributed by atoms with Crippen LogP contribution in [0.1, 0.15) is 17.2 Å². The first-order valence-corrected chi connectivity index (χ1v) is 5.27. The topological polar surface area (TPSA) is 55.1 Å². The Morgan fingerprint density at radius 3 is 1.95 bits per heavy atom. The zero-order chi connectivity index (χ0) is 15.6. The summed E-state index contributed by atoms with van der Waals surface area (Å²) in [6.07, 6.45) is -9.14. The summed E-state index contributed by atoms with van der Waals surface area (Å²) in [5, 5.41) is 1.85. The Hall–Kier alpha value is -1.77. The highest BCUT2D eigenvalue weighted by Gasteiger charge is 2.32. The average Bonchev–Trinajstić information content (AvgIpc) is 2.26. The monoisotopic (exact) mass is 300 g/mol. The van der Waals surface area contributed by atoms with Crippen LogP contribution in [0.15, 0.2) is 24.3 Å². The molecular weight excluding hydrogens is 290 g/mol. The summed E-state index contributed by atoms with van der Waals surface area (Å²) in [4.78, 5) is 11.1. The molecule has 0 aliphatic heterocycles. The van der Waals surface area contributed by atoms with Crippen molar-refractivity contribution in [3.05, 3.63) is 35.4 Å². The quantitative estimate of drug-likeness (QED) is 0.839. The van der Waals surface area contributed by atoms with Gasteiger partial charge in [0.25, 0.3) is 0 Å². The number of amides is 1. The van der Waals surface area contributed by atoms with Gasteiger partial charge in [-0.2, -0.15) is 26.3 Å². The van der Waals surface area contributed by atoms with Gasteiger partial charge in [0.05, 0.1) is 12.1 Å². The van der Waals surface area contributed by atoms with Gasteiger partial charge in [-0.05, 0) is 17.7 Å². The number of rotatable bonds is 4. The fraction of sp³-hybridized carbons (Fsp3) is 0.364. The number of nitrogens with one attached hydrogen (secondary N) is 1. The molecule has 0 saturated carbocycles. The second-order valence-corrected chi connectivity index (χ2v) is 3.95. The van der Waals surface area contributed by atoms with E-state index in [9.17, 15) is 31.1 Å². The van der Waals surface area contributed by atoms with Gasteiger partial charge >= 0.3 is 12.4 Å². The second-order valence-electron chi connectivity index (χ2n) is 3.95. The van der Waals surface area contributed by atoms with Crippen LogP contribution in [-0.4, -0.2) is 18.6 Å². The third-order valence-electron chi connectivity index (χ3n) is 2.36. The van der Waals surface area contributed by atoms with Crippen molar-refractivity contribution in [1.82, 2.24) is 5.32 Å². The van der Waals surface area contributed by atoms with Crippen LogP contribution in [0.2, 0.25) is 0 Å². The Balaban J connectivity index is 2.91. The van der Waals surface area contributed by atoms with Gasteiger partial charge in [0, 0.05) is 0 Å². The SMILES string of the molecule is NC(=O)C(NCC(F)(F)F)c1ccc(C(F)(F)F)cc1. The number of nitrogens with two attached hydrogens (primary N) is 1. The maximum absolute atomic E-state index is 12.3. The molecule has 0 aliphatic carbocycles. The molecule has 0 saturated heterocycles. The van der Waals surface area contributed by atoms with Crippen LogP contribution in [0.25, 0.3) is 0 Å². The molecule has 3 N–H and O–H groups in total. The molecule has 0 bridgehead atoms. The molecule has 9 heteroatoms. The van der Waals surface area contributed by atoms with Gasteiger partial charge in [0.1, 0.15) is 6.04 Å². The minimum Gasteiger partial charge on any atom is -0.368 e. The number of carbonyl (C=O) groups is 1. The molecule has 3 nitrogen and oxygen atoms in total. The van der Waals surface area contributed by atoms with Gasteiger partial charge in [-0.25, -0.2) is 0 Å². The van der Waals surface area contributed by atoms with Gasteiger partial charge in [-0.1, -0.05) is 12.1 Å². The summed E-state index contributed by atoms with van der Waals surface area (Å²) < 4.78 is 73.1. The van der Waals surface area contributed by atoms with E-state index in [-0.39, 0.29) is 5.56 Å². The van der Waals surface area contributed by atoms with Crippen molar-refractivity contribution in [2.75, 3.05) is 6.54 Å². The molecule has 0 aromatic heterocycles. The third-order valence-corrected chi connectivity index (χ3v) is 2.36. The Morgan fingerprint density at radius 1 is 1.10 bits per heavy atom. The van der Waals surface area contributed by atoms with E-state index < -0.39 is 36.4 Å². The molecule has 0 fully saturated rings. The third kappa shape index (κ3) is 4.72. The van der Waals surface area contributed by atoms with Crippen LogP contribution in [0.4, 0.5) is 26.3 Å². The number of primary amides is 1. The van der Waals surface area contributed by atoms with Crippen molar-refractivity contribution in [3.63, 3.8) is 0 Å². The molecule has 112 valence electrons. The zero-order valence-electron chi connectivity index (χ0n) is 9.85. The number of benzene rings is 1. The molecule has 1 aromatic rings. The molecule has 0 heterocycles. The molecule has 0 aliphatic rings. The van der Waals surface area contributed by atoms with Gasteiger partial charge in [0.2, 0.25) is 5.91 Å². The molecule has 0 spiro atoms. The van der Waals surface area contributed by atoms with E-state index in [4.69, 9.17) is 5.73 Å². The maximum atomic E-state index is 12.3. The van der Waals surface area contributed by atoms with Gasteiger partial charge < -0.3 is 5.73 Å². The maximum Gasteiger partial charge on any atom is 0.416 e. The van der Waals surface area contributed by atoms with Crippen molar-refractivity contribution in [2.24, 2.45) is 5.73 Å². The van der Waals surface area contributed by atoms with Gasteiger partial charge in [-0.3, -0.25) is 10.1 Å². The summed E-state index contributed by atoms with van der Waals surface area (Å²) in [5.74, 6) is -1.12. The van der Waals surface area contributed by atoms with Crippen LogP contribution < -0.4 is 11.1 Å². The van der Waals surface area contributed by atoms with Crippen molar-refractivity contribution < 1.29 is 31.1 Å². The highest BCUT2D eigenvalue weighted by atomic mass is 19.4. The lowest BCUT2D eigenvalue weighted by atomic mass is 10.0. The fourth-order valence-electron chi connectivity index (χ4n) is 1.47. The van der Waals surface area contributed by atoms with Crippen molar-refractivity contribution in [2.45, 2.75) is 18.4 Å². The predicted octanol–water partition coefficient (Wildman–Crippen LogP) is 2.38. The Kier molecular flexibility index (Phi) is 4.64. The number of hydrogen-bond acceptors (Lipinski definition) is 2. The number of hydrogen-bond donors (Lipinski definition) is 2. The highest BCUT2D eigenvalue weighted by Crippen LogP contribution is 2.30. The lowest BCUT2D eigenvalue weighted by Gasteiger charge is -2.17. The van der Waals surface area contributed by atoms with Crippen LogP contribution in [0, 0.1) is 0 Å². The van der Waals surface area contributed by atoms with E-state index in [2.05, 4.69) is 0 Å². The fourth-order valence-corrected chi connectivity index (χ4v) is 1.47. The van der Waals surface area contributed by atoms with Crippen molar-refractivity contribution in [1.29, 1.82) is 0 Å². The van der Waals surface area contributed by atoms with Crippen molar-refractivity contribution in [3.8, 4) is 0 Å². The summed E-state index contributed by atoms with van der Waals surface area (Å²) in [7, 11) is 0. The minimum atomic E-state index is -4.57. The Labute approximate surface area is 109 Å². The Morgan fingerprint density at radius 2 is 1.60 bits per heavy atom. The lowest BCUT2D eigenvalue weighted by Crippen LogP contribution is -2.39. The molecule has 1 unspecified atom stereocenters. The summed E-state index contributed by atoms with van der Waals surface area (Å²) >= 11 is 0. The predicted molar refractivity (Wildman–Crippen MR) is 57.4 cm³/mol. The van der Waals surface area contributed by atoms with E-state index in [1.807, 2.05) is 5.32 Å². The van der Waals surface area contributed by atoms with Gasteiger partial charge in [-0.15, -0.1) is 0 Å². The standard InChI is InChI=1S/C11H10F6N2O/c12-10(13,14)5-19-8(9(18)20)6-1-3-7(4-2-6)11(15,16)17/h1-4,8,19H,5H2,(H2,18,20). The second kappa shape index (κ2) is 5.70. The molecule has 1 rings (SSSR count). The average molecular weight is 300 g/mol. The van der Waals surface area contributed by atoms with Crippen LogP contribution >= 0.6 is 0 Å². The van der Waals surface area contributed by atoms with E-state index in [1.165, 1.54) is 0 Å². The normalized spacial score (nSPS) is 14.1. The minimum absolute atomic E-state index is 0.0743. The summed E-state index contributed by atoms with van der Waals surface area (Å²) in [5.41, 5.74) is 3.88. The molecule has 20 heavy (non-hydrogen) atoms. The summed E-state index contributed by atoms with van der Waals surface area (Å²) in [6, 6.07) is 1.63. The Bertz CT molecular complexity index is 465. The molecule has 1 atom stereocenters. The molecular formula is C11H10F6N2O. The number of halogens is 6. The molecule has 0 radical (unpaired) electrons. The zero-order valence-corrected chi connectivity index (χ0v) is 9.85. The van der Waals surface area contributed by atoms with E-state index in [0.717, 1.165) is 12.1 Å². The first-order valence-electron chi connectivity index (χ1n) is 5.27. The lowest BCUT2D eigenvalue weighted by molar-refractivity contribution is -0.137.